The highest BCUT2D eigenvalue weighted by Crippen LogP contribution is 2.22. The van der Waals surface area contributed by atoms with Crippen LogP contribution in [0.4, 0.5) is 5.69 Å². The lowest BCUT2D eigenvalue weighted by atomic mass is 10.1. The van der Waals surface area contributed by atoms with Gasteiger partial charge in [-0.2, -0.15) is 5.10 Å². The molecule has 166 valence electrons. The minimum absolute atomic E-state index is 0.0918. The van der Waals surface area contributed by atoms with Crippen LogP contribution in [-0.2, 0) is 17.9 Å². The largest absolute Gasteiger partial charge is 0.348 e. The summed E-state index contributed by atoms with van der Waals surface area (Å²) in [6, 6.07) is 27.0. The van der Waals surface area contributed by atoms with E-state index in [1.807, 2.05) is 59.4 Å². The van der Waals surface area contributed by atoms with Crippen LogP contribution in [0.5, 0.6) is 0 Å². The van der Waals surface area contributed by atoms with Crippen molar-refractivity contribution in [3.05, 3.63) is 108 Å². The number of hydrogen-bond acceptors (Lipinski definition) is 3. The molecule has 0 saturated heterocycles. The third-order valence-corrected chi connectivity index (χ3v) is 5.24. The maximum atomic E-state index is 12.8. The number of nitrogens with zero attached hydrogens (tertiary/aromatic N) is 2. The lowest BCUT2D eigenvalue weighted by Gasteiger charge is -2.08. The van der Waals surface area contributed by atoms with Gasteiger partial charge in [0.2, 0.25) is 5.91 Å². The predicted molar refractivity (Wildman–Crippen MR) is 130 cm³/mol. The van der Waals surface area contributed by atoms with E-state index in [4.69, 9.17) is 5.10 Å². The molecule has 0 radical (unpaired) electrons. The molecule has 0 aliphatic rings. The molecule has 0 fully saturated rings. The Kier molecular flexibility index (Phi) is 6.95. The average molecular weight is 439 g/mol. The molecule has 0 aliphatic carbocycles. The van der Waals surface area contributed by atoms with Gasteiger partial charge in [0.15, 0.2) is 0 Å². The molecule has 3 aromatic carbocycles. The average Bonchev–Trinajstić information content (AvgIpc) is 3.26. The molecule has 0 atom stereocenters. The number of nitrogens with one attached hydrogen (secondary N) is 2. The second-order valence-corrected chi connectivity index (χ2v) is 7.72. The van der Waals surface area contributed by atoms with E-state index in [1.54, 1.807) is 31.2 Å². The SMILES string of the molecule is CCC(=O)Nc1cccc(C(=O)NCc2cn(Cc3ccccc3)nc2-c2ccccc2)c1. The van der Waals surface area contributed by atoms with Crippen molar-refractivity contribution in [2.24, 2.45) is 0 Å². The number of benzene rings is 3. The fraction of sp³-hybridized carbons (Fsp3) is 0.148. The van der Waals surface area contributed by atoms with Crippen LogP contribution in [0.2, 0.25) is 0 Å². The van der Waals surface area contributed by atoms with Gasteiger partial charge >= 0.3 is 0 Å². The summed E-state index contributed by atoms with van der Waals surface area (Å²) in [7, 11) is 0. The monoisotopic (exact) mass is 438 g/mol. The van der Waals surface area contributed by atoms with Crippen LogP contribution in [0.15, 0.2) is 91.1 Å². The van der Waals surface area contributed by atoms with Crippen LogP contribution in [0.3, 0.4) is 0 Å². The second kappa shape index (κ2) is 10.4. The Balaban J connectivity index is 1.52. The Hall–Kier alpha value is -4.19. The Morgan fingerprint density at radius 2 is 1.64 bits per heavy atom. The second-order valence-electron chi connectivity index (χ2n) is 7.72. The Labute approximate surface area is 193 Å². The van der Waals surface area contributed by atoms with Crippen molar-refractivity contribution in [2.45, 2.75) is 26.4 Å². The topological polar surface area (TPSA) is 76.0 Å². The Bertz CT molecular complexity index is 1230. The molecule has 6 nitrogen and oxygen atoms in total. The molecule has 0 bridgehead atoms. The molecule has 1 heterocycles. The normalized spacial score (nSPS) is 10.6. The number of rotatable bonds is 8. The van der Waals surface area contributed by atoms with Crippen LogP contribution in [0, 0.1) is 0 Å². The first-order valence-electron chi connectivity index (χ1n) is 11.0. The molecule has 1 aromatic heterocycles. The van der Waals surface area contributed by atoms with E-state index in [1.165, 1.54) is 0 Å². The molecule has 0 unspecified atom stereocenters. The zero-order valence-corrected chi connectivity index (χ0v) is 18.5. The summed E-state index contributed by atoms with van der Waals surface area (Å²) in [6.45, 7) is 2.77. The standard InChI is InChI=1S/C27H26N4O2/c1-2-25(32)29-24-15-9-14-22(16-24)27(33)28-17-23-19-31(18-20-10-5-3-6-11-20)30-26(23)21-12-7-4-8-13-21/h3-16,19H,2,17-18H2,1H3,(H,28,33)(H,29,32). The summed E-state index contributed by atoms with van der Waals surface area (Å²) in [4.78, 5) is 24.5. The van der Waals surface area contributed by atoms with Crippen molar-refractivity contribution in [2.75, 3.05) is 5.32 Å². The highest BCUT2D eigenvalue weighted by molar-refractivity contribution is 5.97. The van der Waals surface area contributed by atoms with Crippen molar-refractivity contribution in [3.8, 4) is 11.3 Å². The van der Waals surface area contributed by atoms with Crippen LogP contribution >= 0.6 is 0 Å². The number of hydrogen-bond donors (Lipinski definition) is 2. The molecular weight excluding hydrogens is 412 g/mol. The summed E-state index contributed by atoms with van der Waals surface area (Å²) in [5.41, 5.74) is 5.02. The lowest BCUT2D eigenvalue weighted by Crippen LogP contribution is -2.23. The van der Waals surface area contributed by atoms with E-state index in [0.29, 0.717) is 30.8 Å². The number of carbonyl (C=O) groups excluding carboxylic acids is 2. The summed E-state index contributed by atoms with van der Waals surface area (Å²) in [5.74, 6) is -0.302. The van der Waals surface area contributed by atoms with E-state index < -0.39 is 0 Å². The fourth-order valence-electron chi connectivity index (χ4n) is 3.55. The van der Waals surface area contributed by atoms with Crippen LogP contribution in [-0.4, -0.2) is 21.6 Å². The third-order valence-electron chi connectivity index (χ3n) is 5.24. The minimum Gasteiger partial charge on any atom is -0.348 e. The molecule has 0 aliphatic heterocycles. The smallest absolute Gasteiger partial charge is 0.251 e. The molecule has 2 amide bonds. The molecule has 4 aromatic rings. The van der Waals surface area contributed by atoms with Gasteiger partial charge in [-0.15, -0.1) is 0 Å². The van der Waals surface area contributed by atoms with E-state index in [9.17, 15) is 9.59 Å². The summed E-state index contributed by atoms with van der Waals surface area (Å²) < 4.78 is 1.90. The van der Waals surface area contributed by atoms with Crippen molar-refractivity contribution in [1.82, 2.24) is 15.1 Å². The molecule has 4 rings (SSSR count). The summed E-state index contributed by atoms with van der Waals surface area (Å²) in [6.07, 6.45) is 2.36. The highest BCUT2D eigenvalue weighted by atomic mass is 16.2. The fourth-order valence-corrected chi connectivity index (χ4v) is 3.55. The quantitative estimate of drug-likeness (QED) is 0.412. The Morgan fingerprint density at radius 3 is 2.36 bits per heavy atom. The molecule has 0 spiro atoms. The van der Waals surface area contributed by atoms with Crippen LogP contribution in [0.25, 0.3) is 11.3 Å². The lowest BCUT2D eigenvalue weighted by molar-refractivity contribution is -0.115. The number of aromatic nitrogens is 2. The summed E-state index contributed by atoms with van der Waals surface area (Å²) in [5, 5.41) is 10.6. The third kappa shape index (κ3) is 5.74. The van der Waals surface area contributed by atoms with Gasteiger partial charge in [0, 0.05) is 41.5 Å². The van der Waals surface area contributed by atoms with E-state index in [-0.39, 0.29) is 11.8 Å². The Morgan fingerprint density at radius 1 is 0.909 bits per heavy atom. The van der Waals surface area contributed by atoms with Gasteiger partial charge in [-0.1, -0.05) is 73.7 Å². The van der Waals surface area contributed by atoms with Gasteiger partial charge in [-0.3, -0.25) is 14.3 Å². The van der Waals surface area contributed by atoms with Gasteiger partial charge in [-0.25, -0.2) is 0 Å². The summed E-state index contributed by atoms with van der Waals surface area (Å²) >= 11 is 0. The molecule has 6 heteroatoms. The van der Waals surface area contributed by atoms with Crippen LogP contribution < -0.4 is 10.6 Å². The van der Waals surface area contributed by atoms with Crippen molar-refractivity contribution in [1.29, 1.82) is 0 Å². The minimum atomic E-state index is -0.211. The maximum absolute atomic E-state index is 12.8. The zero-order valence-electron chi connectivity index (χ0n) is 18.5. The van der Waals surface area contributed by atoms with Gasteiger partial charge in [0.1, 0.15) is 0 Å². The van der Waals surface area contributed by atoms with E-state index in [0.717, 1.165) is 22.4 Å². The van der Waals surface area contributed by atoms with E-state index in [2.05, 4.69) is 22.8 Å². The molecular formula is C27H26N4O2. The molecule has 33 heavy (non-hydrogen) atoms. The van der Waals surface area contributed by atoms with Gasteiger partial charge < -0.3 is 10.6 Å². The first kappa shape index (κ1) is 22.0. The van der Waals surface area contributed by atoms with Crippen molar-refractivity contribution < 1.29 is 9.59 Å². The molecule has 0 saturated carbocycles. The number of carbonyl (C=O) groups is 2. The van der Waals surface area contributed by atoms with Gasteiger partial charge in [0.05, 0.1) is 12.2 Å². The van der Waals surface area contributed by atoms with Crippen molar-refractivity contribution in [3.63, 3.8) is 0 Å². The maximum Gasteiger partial charge on any atom is 0.251 e. The number of amides is 2. The van der Waals surface area contributed by atoms with Crippen molar-refractivity contribution >= 4 is 17.5 Å². The highest BCUT2D eigenvalue weighted by Gasteiger charge is 2.14. The predicted octanol–water partition coefficient (Wildman–Crippen LogP) is 4.88. The zero-order chi connectivity index (χ0) is 23.0. The number of anilines is 1. The van der Waals surface area contributed by atoms with E-state index >= 15 is 0 Å². The first-order valence-corrected chi connectivity index (χ1v) is 11.0. The van der Waals surface area contributed by atoms with Gasteiger partial charge in [-0.05, 0) is 23.8 Å². The molecule has 2 N–H and O–H groups in total. The first-order chi connectivity index (χ1) is 16.1. The van der Waals surface area contributed by atoms with Gasteiger partial charge in [0.25, 0.3) is 5.91 Å². The van der Waals surface area contributed by atoms with Crippen LogP contribution in [0.1, 0.15) is 34.8 Å².